The molecule has 0 aliphatic rings. The molecule has 0 saturated heterocycles. The standard InChI is InChI=1S/C59H31F3N6/c60-59(61,62)52-27-38(34-65)15-20-45(52)44-17-22-49(58(31-44)68-54-14-4-2-12-47(54)51-30-43(19-24-56(51)68)41-10-6-8-37(26-41)33-64)48-21-16-39(35-66)28-57(48)67-53-13-3-1-11-46(53)50-29-42(18-23-55(50)67)40-9-5-7-36(25-40)32-63/h1-31H. The molecule has 0 unspecified atom stereocenters. The van der Waals surface area contributed by atoms with Crippen molar-refractivity contribution in [1.29, 1.82) is 21.0 Å². The molecule has 318 valence electrons. The molecule has 68 heavy (non-hydrogen) atoms. The number of fused-ring (bicyclic) bond motifs is 6. The molecule has 0 amide bonds. The lowest BCUT2D eigenvalue weighted by Crippen LogP contribution is -2.08. The monoisotopic (exact) mass is 880 g/mol. The van der Waals surface area contributed by atoms with E-state index in [0.29, 0.717) is 39.2 Å². The molecule has 2 aromatic heterocycles. The Morgan fingerprint density at radius 2 is 0.735 bits per heavy atom. The van der Waals surface area contributed by atoms with Crippen LogP contribution >= 0.6 is 0 Å². The Morgan fingerprint density at radius 1 is 0.324 bits per heavy atom. The van der Waals surface area contributed by atoms with Crippen molar-refractivity contribution >= 4 is 43.6 Å². The van der Waals surface area contributed by atoms with Crippen molar-refractivity contribution in [1.82, 2.24) is 9.13 Å². The van der Waals surface area contributed by atoms with Crippen molar-refractivity contribution in [2.75, 3.05) is 0 Å². The number of hydrogen-bond donors (Lipinski definition) is 0. The van der Waals surface area contributed by atoms with Gasteiger partial charge in [-0.3, -0.25) is 0 Å². The van der Waals surface area contributed by atoms with Crippen molar-refractivity contribution in [2.45, 2.75) is 6.18 Å². The van der Waals surface area contributed by atoms with Crippen LogP contribution in [0.4, 0.5) is 13.2 Å². The van der Waals surface area contributed by atoms with E-state index in [1.165, 1.54) is 12.1 Å². The third kappa shape index (κ3) is 6.79. The fraction of sp³-hybridized carbons (Fsp3) is 0.0169. The second-order valence-corrected chi connectivity index (χ2v) is 16.5. The minimum Gasteiger partial charge on any atom is -0.309 e. The first-order valence-corrected chi connectivity index (χ1v) is 21.5. The number of nitriles is 4. The highest BCUT2D eigenvalue weighted by Crippen LogP contribution is 2.45. The topological polar surface area (TPSA) is 105 Å². The maximum atomic E-state index is 14.9. The fourth-order valence-corrected chi connectivity index (χ4v) is 9.59. The zero-order chi connectivity index (χ0) is 46.7. The van der Waals surface area contributed by atoms with Crippen LogP contribution in [0.25, 0.3) is 99.5 Å². The predicted octanol–water partition coefficient (Wildman–Crippen LogP) is 15.1. The quantitative estimate of drug-likeness (QED) is 0.166. The molecule has 0 aliphatic carbocycles. The molecule has 6 nitrogen and oxygen atoms in total. The number of rotatable bonds is 6. The van der Waals surface area contributed by atoms with Crippen LogP contribution in [0.1, 0.15) is 27.8 Å². The van der Waals surface area contributed by atoms with Crippen LogP contribution in [-0.2, 0) is 6.18 Å². The number of para-hydroxylation sites is 2. The summed E-state index contributed by atoms with van der Waals surface area (Å²) in [6.45, 7) is 0. The summed E-state index contributed by atoms with van der Waals surface area (Å²) >= 11 is 0. The minimum atomic E-state index is -4.76. The van der Waals surface area contributed by atoms with E-state index in [9.17, 15) is 34.2 Å². The number of aromatic nitrogens is 2. The van der Waals surface area contributed by atoms with E-state index in [4.69, 9.17) is 0 Å². The van der Waals surface area contributed by atoms with Gasteiger partial charge in [0.1, 0.15) is 0 Å². The van der Waals surface area contributed by atoms with Crippen LogP contribution in [0.5, 0.6) is 0 Å². The highest BCUT2D eigenvalue weighted by Gasteiger charge is 2.34. The third-order valence-electron chi connectivity index (χ3n) is 12.7. The zero-order valence-electron chi connectivity index (χ0n) is 35.7. The van der Waals surface area contributed by atoms with Crippen molar-refractivity contribution in [2.24, 2.45) is 0 Å². The molecule has 0 aliphatic heterocycles. The Morgan fingerprint density at radius 3 is 1.25 bits per heavy atom. The first-order chi connectivity index (χ1) is 33.1. The Bertz CT molecular complexity index is 4090. The molecule has 9 aromatic carbocycles. The van der Waals surface area contributed by atoms with Crippen LogP contribution in [0.3, 0.4) is 0 Å². The summed E-state index contributed by atoms with van der Waals surface area (Å²) in [5, 5.41) is 43.1. The van der Waals surface area contributed by atoms with E-state index < -0.39 is 11.7 Å². The molecule has 2 heterocycles. The molecule has 0 saturated carbocycles. The molecular formula is C59H31F3N6. The van der Waals surface area contributed by atoms with E-state index in [1.54, 1.807) is 30.3 Å². The maximum absolute atomic E-state index is 14.9. The number of alkyl halides is 3. The lowest BCUT2D eigenvalue weighted by Gasteiger charge is -2.21. The van der Waals surface area contributed by atoms with Gasteiger partial charge in [-0.1, -0.05) is 97.1 Å². The second kappa shape index (κ2) is 16.1. The molecule has 0 bridgehead atoms. The first-order valence-electron chi connectivity index (χ1n) is 21.5. The van der Waals surface area contributed by atoms with Gasteiger partial charge in [0.2, 0.25) is 0 Å². The van der Waals surface area contributed by atoms with Gasteiger partial charge in [-0.15, -0.1) is 0 Å². The van der Waals surface area contributed by atoms with Gasteiger partial charge in [0.05, 0.1) is 85.5 Å². The molecule has 0 spiro atoms. The van der Waals surface area contributed by atoms with Crippen LogP contribution in [0.15, 0.2) is 188 Å². The van der Waals surface area contributed by atoms with Gasteiger partial charge in [-0.2, -0.15) is 34.2 Å². The van der Waals surface area contributed by atoms with Gasteiger partial charge in [0.25, 0.3) is 0 Å². The summed E-state index contributed by atoms with van der Waals surface area (Å²) in [6.07, 6.45) is -4.76. The van der Waals surface area contributed by atoms with Gasteiger partial charge < -0.3 is 9.13 Å². The molecular weight excluding hydrogens is 850 g/mol. The predicted molar refractivity (Wildman–Crippen MR) is 261 cm³/mol. The molecule has 0 N–H and O–H groups in total. The summed E-state index contributed by atoms with van der Waals surface area (Å²) in [5.74, 6) is 0. The first kappa shape index (κ1) is 41.1. The zero-order valence-corrected chi connectivity index (χ0v) is 35.7. The van der Waals surface area contributed by atoms with Gasteiger partial charge >= 0.3 is 6.18 Å². The lowest BCUT2D eigenvalue weighted by atomic mass is 9.93. The number of benzene rings is 9. The summed E-state index contributed by atoms with van der Waals surface area (Å²) in [7, 11) is 0. The Hall–Kier alpha value is -9.67. The van der Waals surface area contributed by atoms with Gasteiger partial charge in [0.15, 0.2) is 0 Å². The molecule has 0 atom stereocenters. The highest BCUT2D eigenvalue weighted by molar-refractivity contribution is 6.13. The van der Waals surface area contributed by atoms with Crippen molar-refractivity contribution in [3.8, 4) is 80.2 Å². The van der Waals surface area contributed by atoms with Gasteiger partial charge in [0, 0.05) is 32.7 Å². The number of nitrogens with zero attached hydrogens (tertiary/aromatic N) is 6. The van der Waals surface area contributed by atoms with E-state index in [0.717, 1.165) is 71.9 Å². The number of hydrogen-bond acceptors (Lipinski definition) is 4. The molecule has 11 rings (SSSR count). The van der Waals surface area contributed by atoms with E-state index in [-0.39, 0.29) is 16.7 Å². The minimum absolute atomic E-state index is 0.0803. The Balaban J connectivity index is 1.22. The van der Waals surface area contributed by atoms with Crippen molar-refractivity contribution < 1.29 is 13.2 Å². The van der Waals surface area contributed by atoms with Crippen LogP contribution in [0, 0.1) is 45.3 Å². The molecule has 0 radical (unpaired) electrons. The maximum Gasteiger partial charge on any atom is 0.417 e. The largest absolute Gasteiger partial charge is 0.417 e. The summed E-state index contributed by atoms with van der Waals surface area (Å²) in [5.41, 5.74) is 10.2. The summed E-state index contributed by atoms with van der Waals surface area (Å²) in [6, 6.07) is 66.0. The smallest absolute Gasteiger partial charge is 0.309 e. The molecule has 0 fully saturated rings. The Labute approximate surface area is 387 Å². The van der Waals surface area contributed by atoms with Gasteiger partial charge in [-0.25, -0.2) is 0 Å². The fourth-order valence-electron chi connectivity index (χ4n) is 9.59. The second-order valence-electron chi connectivity index (χ2n) is 16.5. The Kier molecular flexibility index (Phi) is 9.72. The van der Waals surface area contributed by atoms with E-state index in [1.807, 2.05) is 127 Å². The SMILES string of the molecule is N#Cc1cccc(-c2ccc3c(c2)c2ccccc2n3-c2cc(C#N)ccc2-c2ccc(-c3ccc(C#N)cc3C(F)(F)F)cc2-n2c3ccccc3c3cc(-c4cccc(C#N)c4)ccc32)c1. The van der Waals surface area contributed by atoms with Crippen molar-refractivity contribution in [3.63, 3.8) is 0 Å². The lowest BCUT2D eigenvalue weighted by molar-refractivity contribution is -0.137. The van der Waals surface area contributed by atoms with Gasteiger partial charge in [-0.05, 0) is 124 Å². The third-order valence-corrected chi connectivity index (χ3v) is 12.7. The summed E-state index contributed by atoms with van der Waals surface area (Å²) in [4.78, 5) is 0. The summed E-state index contributed by atoms with van der Waals surface area (Å²) < 4.78 is 49.0. The van der Waals surface area contributed by atoms with Crippen LogP contribution in [0.2, 0.25) is 0 Å². The highest BCUT2D eigenvalue weighted by atomic mass is 19.4. The normalized spacial score (nSPS) is 11.4. The molecule has 9 heteroatoms. The average molecular weight is 881 g/mol. The molecule has 11 aromatic rings. The average Bonchev–Trinajstić information content (AvgIpc) is 3.90. The number of halogens is 3. The van der Waals surface area contributed by atoms with Crippen LogP contribution in [-0.4, -0.2) is 9.13 Å². The van der Waals surface area contributed by atoms with E-state index >= 15 is 0 Å². The van der Waals surface area contributed by atoms with E-state index in [2.05, 4.69) is 45.5 Å². The van der Waals surface area contributed by atoms with Crippen LogP contribution < -0.4 is 0 Å². The van der Waals surface area contributed by atoms with Crippen molar-refractivity contribution in [3.05, 3.63) is 216 Å².